The zero-order chi connectivity index (χ0) is 12.3. The van der Waals surface area contributed by atoms with Crippen LogP contribution in [0.4, 0.5) is 4.79 Å². The quantitative estimate of drug-likeness (QED) is 0.731. The van der Waals surface area contributed by atoms with E-state index in [1.165, 1.54) is 32.1 Å². The van der Waals surface area contributed by atoms with Gasteiger partial charge in [0.2, 0.25) is 0 Å². The Morgan fingerprint density at radius 3 is 2.65 bits per heavy atom. The maximum absolute atomic E-state index is 11.7. The largest absolute Gasteiger partial charge is 0.335 e. The van der Waals surface area contributed by atoms with Crippen LogP contribution in [0, 0.1) is 0 Å². The molecule has 2 N–H and O–H groups in total. The molecule has 0 aromatic carbocycles. The van der Waals surface area contributed by atoms with Gasteiger partial charge in [0.15, 0.2) is 0 Å². The number of carbonyl (C=O) groups is 1. The molecule has 2 aliphatic rings. The second kappa shape index (κ2) is 5.25. The summed E-state index contributed by atoms with van der Waals surface area (Å²) in [5.74, 6) is 0. The highest BCUT2D eigenvalue weighted by Gasteiger charge is 2.37. The molecule has 1 saturated heterocycles. The smallest absolute Gasteiger partial charge is 0.317 e. The second-order valence-electron chi connectivity index (χ2n) is 5.80. The first-order valence-corrected chi connectivity index (χ1v) is 6.84. The molecule has 2 fully saturated rings. The highest BCUT2D eigenvalue weighted by molar-refractivity contribution is 5.73. The average molecular weight is 239 g/mol. The molecule has 1 aliphatic heterocycles. The van der Waals surface area contributed by atoms with Gasteiger partial charge < -0.3 is 15.5 Å². The van der Waals surface area contributed by atoms with E-state index in [9.17, 15) is 4.79 Å². The molecule has 1 heterocycles. The van der Waals surface area contributed by atoms with E-state index in [4.69, 9.17) is 0 Å². The molecule has 1 unspecified atom stereocenters. The van der Waals surface area contributed by atoms with Crippen molar-refractivity contribution >= 4 is 6.03 Å². The van der Waals surface area contributed by atoms with Crippen LogP contribution in [0.1, 0.15) is 44.9 Å². The Hall–Kier alpha value is -0.770. The van der Waals surface area contributed by atoms with Gasteiger partial charge in [-0.15, -0.1) is 0 Å². The first kappa shape index (κ1) is 12.7. The van der Waals surface area contributed by atoms with E-state index in [-0.39, 0.29) is 6.03 Å². The van der Waals surface area contributed by atoms with Crippen LogP contribution in [-0.2, 0) is 0 Å². The topological polar surface area (TPSA) is 44.4 Å². The average Bonchev–Trinajstić information content (AvgIpc) is 2.30. The van der Waals surface area contributed by atoms with Crippen LogP contribution in [0.15, 0.2) is 0 Å². The van der Waals surface area contributed by atoms with Crippen molar-refractivity contribution in [3.8, 4) is 0 Å². The fourth-order valence-corrected chi connectivity index (χ4v) is 3.19. The highest BCUT2D eigenvalue weighted by Crippen LogP contribution is 2.34. The normalized spacial score (nSPS) is 27.8. The lowest BCUT2D eigenvalue weighted by Crippen LogP contribution is -2.57. The Balaban J connectivity index is 1.90. The summed E-state index contributed by atoms with van der Waals surface area (Å²) >= 11 is 0. The van der Waals surface area contributed by atoms with Crippen molar-refractivity contribution in [2.45, 2.75) is 56.5 Å². The number of rotatable bonds is 1. The molecule has 98 valence electrons. The number of hydrogen-bond acceptors (Lipinski definition) is 2. The molecule has 2 rings (SSSR count). The van der Waals surface area contributed by atoms with E-state index in [0.717, 1.165) is 19.4 Å². The van der Waals surface area contributed by atoms with Gasteiger partial charge in [-0.3, -0.25) is 0 Å². The third-order valence-electron chi connectivity index (χ3n) is 4.17. The summed E-state index contributed by atoms with van der Waals surface area (Å²) in [4.78, 5) is 13.3. The minimum atomic E-state index is 0.0443. The van der Waals surface area contributed by atoms with Gasteiger partial charge in [0.05, 0.1) is 0 Å². The standard InChI is InChI=1S/C13H25N3O/c1-16(2)12(17)15-11-6-9-14-13(10-11)7-4-3-5-8-13/h11,14H,3-10H2,1-2H3,(H,15,17). The van der Waals surface area contributed by atoms with Crippen molar-refractivity contribution in [3.63, 3.8) is 0 Å². The zero-order valence-corrected chi connectivity index (χ0v) is 11.1. The van der Waals surface area contributed by atoms with Crippen molar-refractivity contribution < 1.29 is 4.79 Å². The second-order valence-corrected chi connectivity index (χ2v) is 5.80. The molecule has 0 aromatic heterocycles. The van der Waals surface area contributed by atoms with Crippen molar-refractivity contribution in [3.05, 3.63) is 0 Å². The van der Waals surface area contributed by atoms with Gasteiger partial charge in [0.25, 0.3) is 0 Å². The molecular formula is C13H25N3O. The third kappa shape index (κ3) is 3.12. The van der Waals surface area contributed by atoms with Crippen LogP contribution in [0.2, 0.25) is 0 Å². The highest BCUT2D eigenvalue weighted by atomic mass is 16.2. The molecule has 1 atom stereocenters. The van der Waals surface area contributed by atoms with Crippen LogP contribution in [0.25, 0.3) is 0 Å². The number of carbonyl (C=O) groups excluding carboxylic acids is 1. The number of nitrogens with one attached hydrogen (secondary N) is 2. The maximum Gasteiger partial charge on any atom is 0.317 e. The monoisotopic (exact) mass is 239 g/mol. The lowest BCUT2D eigenvalue weighted by molar-refractivity contribution is 0.153. The van der Waals surface area contributed by atoms with Crippen molar-refractivity contribution in [2.24, 2.45) is 0 Å². The summed E-state index contributed by atoms with van der Waals surface area (Å²) in [6.07, 6.45) is 8.76. The van der Waals surface area contributed by atoms with Gasteiger partial charge in [-0.2, -0.15) is 0 Å². The van der Waals surface area contributed by atoms with E-state index in [0.29, 0.717) is 11.6 Å². The van der Waals surface area contributed by atoms with Gasteiger partial charge >= 0.3 is 6.03 Å². The molecule has 4 nitrogen and oxygen atoms in total. The minimum absolute atomic E-state index is 0.0443. The fourth-order valence-electron chi connectivity index (χ4n) is 3.19. The molecule has 0 radical (unpaired) electrons. The molecule has 4 heteroatoms. The number of hydrogen-bond donors (Lipinski definition) is 2. The van der Waals surface area contributed by atoms with E-state index in [2.05, 4.69) is 10.6 Å². The number of nitrogens with zero attached hydrogens (tertiary/aromatic N) is 1. The van der Waals surface area contributed by atoms with E-state index >= 15 is 0 Å². The Morgan fingerprint density at radius 1 is 1.29 bits per heavy atom. The minimum Gasteiger partial charge on any atom is -0.335 e. The molecule has 2 amide bonds. The van der Waals surface area contributed by atoms with Gasteiger partial charge in [-0.1, -0.05) is 19.3 Å². The first-order valence-electron chi connectivity index (χ1n) is 6.84. The number of piperidine rings is 1. The predicted molar refractivity (Wildman–Crippen MR) is 69.1 cm³/mol. The maximum atomic E-state index is 11.7. The SMILES string of the molecule is CN(C)C(=O)NC1CCNC2(CCCCC2)C1. The summed E-state index contributed by atoms with van der Waals surface area (Å²) in [5.41, 5.74) is 0.320. The molecule has 1 aliphatic carbocycles. The van der Waals surface area contributed by atoms with Gasteiger partial charge in [0.1, 0.15) is 0 Å². The Kier molecular flexibility index (Phi) is 3.92. The van der Waals surface area contributed by atoms with E-state index in [1.54, 1.807) is 19.0 Å². The molecular weight excluding hydrogens is 214 g/mol. The number of urea groups is 1. The molecule has 0 aromatic rings. The fraction of sp³-hybridized carbons (Fsp3) is 0.923. The first-order chi connectivity index (χ1) is 8.11. The summed E-state index contributed by atoms with van der Waals surface area (Å²) in [7, 11) is 3.60. The summed E-state index contributed by atoms with van der Waals surface area (Å²) in [5, 5.41) is 6.84. The molecule has 1 spiro atoms. The van der Waals surface area contributed by atoms with Gasteiger partial charge in [-0.25, -0.2) is 4.79 Å². The zero-order valence-electron chi connectivity index (χ0n) is 11.1. The lowest BCUT2D eigenvalue weighted by Gasteiger charge is -2.44. The Labute approximate surface area is 104 Å². The molecule has 17 heavy (non-hydrogen) atoms. The Morgan fingerprint density at radius 2 is 2.00 bits per heavy atom. The molecule has 1 saturated carbocycles. The van der Waals surface area contributed by atoms with Crippen LogP contribution >= 0.6 is 0 Å². The molecule has 0 bridgehead atoms. The van der Waals surface area contributed by atoms with Crippen molar-refractivity contribution in [1.29, 1.82) is 0 Å². The summed E-state index contributed by atoms with van der Waals surface area (Å²) in [6.45, 7) is 1.04. The summed E-state index contributed by atoms with van der Waals surface area (Å²) < 4.78 is 0. The van der Waals surface area contributed by atoms with Crippen LogP contribution in [-0.4, -0.2) is 43.2 Å². The van der Waals surface area contributed by atoms with Gasteiger partial charge in [-0.05, 0) is 32.2 Å². The Bertz CT molecular complexity index is 266. The van der Waals surface area contributed by atoms with Crippen molar-refractivity contribution in [1.82, 2.24) is 15.5 Å². The lowest BCUT2D eigenvalue weighted by atomic mass is 9.75. The van der Waals surface area contributed by atoms with Crippen LogP contribution < -0.4 is 10.6 Å². The summed E-state index contributed by atoms with van der Waals surface area (Å²) in [6, 6.07) is 0.395. The third-order valence-corrected chi connectivity index (χ3v) is 4.17. The van der Waals surface area contributed by atoms with Crippen LogP contribution in [0.3, 0.4) is 0 Å². The van der Waals surface area contributed by atoms with E-state index < -0.39 is 0 Å². The number of amides is 2. The predicted octanol–water partition coefficient (Wildman–Crippen LogP) is 1.71. The van der Waals surface area contributed by atoms with E-state index in [1.807, 2.05) is 0 Å². The van der Waals surface area contributed by atoms with Crippen LogP contribution in [0.5, 0.6) is 0 Å². The van der Waals surface area contributed by atoms with Crippen molar-refractivity contribution in [2.75, 3.05) is 20.6 Å². The van der Waals surface area contributed by atoms with Gasteiger partial charge in [0, 0.05) is 25.7 Å².